The molecule has 0 atom stereocenters. The van der Waals surface area contributed by atoms with Gasteiger partial charge in [0.25, 0.3) is 0 Å². The van der Waals surface area contributed by atoms with Crippen molar-refractivity contribution in [1.29, 1.82) is 0 Å². The summed E-state index contributed by atoms with van der Waals surface area (Å²) in [5.74, 6) is 0. The first-order valence-electron chi connectivity index (χ1n) is 4.05. The summed E-state index contributed by atoms with van der Waals surface area (Å²) in [5.41, 5.74) is 6.37. The van der Waals surface area contributed by atoms with Crippen LogP contribution in [0.15, 0.2) is 0 Å². The second-order valence-corrected chi connectivity index (χ2v) is 4.22. The SMILES string of the molecule is NCC1(CO)CC2(CC2)C1. The van der Waals surface area contributed by atoms with Gasteiger partial charge in [-0.2, -0.15) is 0 Å². The third-order valence-corrected chi connectivity index (χ3v) is 3.23. The highest BCUT2D eigenvalue weighted by Gasteiger charge is 2.59. The van der Waals surface area contributed by atoms with Crippen LogP contribution in [0.2, 0.25) is 0 Å². The number of rotatable bonds is 2. The fourth-order valence-corrected chi connectivity index (χ4v) is 2.39. The summed E-state index contributed by atoms with van der Waals surface area (Å²) in [7, 11) is 0. The highest BCUT2D eigenvalue weighted by Crippen LogP contribution is 2.67. The fourth-order valence-electron chi connectivity index (χ4n) is 2.39. The third-order valence-electron chi connectivity index (χ3n) is 3.23. The van der Waals surface area contributed by atoms with Crippen LogP contribution in [0.4, 0.5) is 0 Å². The normalized spacial score (nSPS) is 31.8. The molecule has 2 rings (SSSR count). The van der Waals surface area contributed by atoms with Crippen molar-refractivity contribution < 1.29 is 5.11 Å². The molecule has 0 aromatic carbocycles. The van der Waals surface area contributed by atoms with E-state index in [0.29, 0.717) is 18.6 Å². The molecule has 0 radical (unpaired) electrons. The molecule has 0 bridgehead atoms. The minimum atomic E-state index is 0.135. The second kappa shape index (κ2) is 1.74. The Morgan fingerprint density at radius 2 is 1.90 bits per heavy atom. The van der Waals surface area contributed by atoms with Crippen LogP contribution in [-0.4, -0.2) is 18.3 Å². The molecule has 10 heavy (non-hydrogen) atoms. The van der Waals surface area contributed by atoms with Crippen molar-refractivity contribution in [2.45, 2.75) is 25.7 Å². The standard InChI is InChI=1S/C8H15NO/c9-5-8(6-10)3-7(4-8)1-2-7/h10H,1-6,9H2. The Morgan fingerprint density at radius 3 is 2.20 bits per heavy atom. The molecular weight excluding hydrogens is 126 g/mol. The second-order valence-electron chi connectivity index (χ2n) is 4.22. The maximum Gasteiger partial charge on any atom is 0.0499 e. The van der Waals surface area contributed by atoms with Crippen molar-refractivity contribution in [3.63, 3.8) is 0 Å². The van der Waals surface area contributed by atoms with Crippen molar-refractivity contribution in [2.24, 2.45) is 16.6 Å². The average Bonchev–Trinajstić information content (AvgIpc) is 2.63. The van der Waals surface area contributed by atoms with Gasteiger partial charge in [-0.25, -0.2) is 0 Å². The minimum Gasteiger partial charge on any atom is -0.396 e. The van der Waals surface area contributed by atoms with Crippen LogP contribution in [0, 0.1) is 10.8 Å². The number of hydrogen-bond acceptors (Lipinski definition) is 2. The van der Waals surface area contributed by atoms with Crippen LogP contribution >= 0.6 is 0 Å². The smallest absolute Gasteiger partial charge is 0.0499 e. The first-order valence-corrected chi connectivity index (χ1v) is 4.05. The number of aliphatic hydroxyl groups is 1. The lowest BCUT2D eigenvalue weighted by atomic mass is 9.60. The van der Waals surface area contributed by atoms with E-state index in [0.717, 1.165) is 0 Å². The van der Waals surface area contributed by atoms with E-state index in [2.05, 4.69) is 0 Å². The van der Waals surface area contributed by atoms with E-state index in [4.69, 9.17) is 10.8 Å². The summed E-state index contributed by atoms with van der Waals surface area (Å²) in [6, 6.07) is 0. The summed E-state index contributed by atoms with van der Waals surface area (Å²) in [6.07, 6.45) is 5.14. The minimum absolute atomic E-state index is 0.135. The molecule has 0 aromatic heterocycles. The largest absolute Gasteiger partial charge is 0.396 e. The first-order chi connectivity index (χ1) is 4.74. The summed E-state index contributed by atoms with van der Waals surface area (Å²) < 4.78 is 0. The Labute approximate surface area is 61.4 Å². The van der Waals surface area contributed by atoms with Gasteiger partial charge >= 0.3 is 0 Å². The van der Waals surface area contributed by atoms with Crippen LogP contribution in [0.3, 0.4) is 0 Å². The molecular formula is C8H15NO. The van der Waals surface area contributed by atoms with E-state index < -0.39 is 0 Å². The molecule has 2 nitrogen and oxygen atoms in total. The lowest BCUT2D eigenvalue weighted by Crippen LogP contribution is -2.47. The van der Waals surface area contributed by atoms with Crippen molar-refractivity contribution in [3.05, 3.63) is 0 Å². The van der Waals surface area contributed by atoms with Gasteiger partial charge in [0, 0.05) is 18.6 Å². The first kappa shape index (κ1) is 6.62. The highest BCUT2D eigenvalue weighted by molar-refractivity contribution is 5.10. The van der Waals surface area contributed by atoms with E-state index in [1.54, 1.807) is 0 Å². The zero-order valence-corrected chi connectivity index (χ0v) is 6.27. The molecule has 0 heterocycles. The summed E-state index contributed by atoms with van der Waals surface area (Å²) >= 11 is 0. The van der Waals surface area contributed by atoms with Gasteiger partial charge < -0.3 is 10.8 Å². The van der Waals surface area contributed by atoms with Gasteiger partial charge in [-0.15, -0.1) is 0 Å². The maximum absolute atomic E-state index is 9.02. The predicted molar refractivity (Wildman–Crippen MR) is 39.5 cm³/mol. The quantitative estimate of drug-likeness (QED) is 0.588. The van der Waals surface area contributed by atoms with Gasteiger partial charge in [-0.3, -0.25) is 0 Å². The summed E-state index contributed by atoms with van der Waals surface area (Å²) in [4.78, 5) is 0. The summed E-state index contributed by atoms with van der Waals surface area (Å²) in [6.45, 7) is 0.969. The van der Waals surface area contributed by atoms with Crippen molar-refractivity contribution in [2.75, 3.05) is 13.2 Å². The van der Waals surface area contributed by atoms with Crippen molar-refractivity contribution >= 4 is 0 Å². The topological polar surface area (TPSA) is 46.2 Å². The Hall–Kier alpha value is -0.0800. The van der Waals surface area contributed by atoms with Crippen LogP contribution in [-0.2, 0) is 0 Å². The van der Waals surface area contributed by atoms with Crippen LogP contribution in [0.5, 0.6) is 0 Å². The molecule has 3 N–H and O–H groups in total. The van der Waals surface area contributed by atoms with Gasteiger partial charge in [0.1, 0.15) is 0 Å². The Balaban J connectivity index is 1.95. The molecule has 2 aliphatic rings. The number of aliphatic hydroxyl groups excluding tert-OH is 1. The highest BCUT2D eigenvalue weighted by atomic mass is 16.3. The Kier molecular flexibility index (Phi) is 1.15. The van der Waals surface area contributed by atoms with Gasteiger partial charge in [0.15, 0.2) is 0 Å². The maximum atomic E-state index is 9.02. The molecule has 2 aliphatic carbocycles. The van der Waals surface area contributed by atoms with Crippen molar-refractivity contribution in [1.82, 2.24) is 0 Å². The zero-order valence-electron chi connectivity index (χ0n) is 6.27. The van der Waals surface area contributed by atoms with E-state index in [1.807, 2.05) is 0 Å². The predicted octanol–water partition coefficient (Wildman–Crippen LogP) is 0.498. The third kappa shape index (κ3) is 0.722. The van der Waals surface area contributed by atoms with Gasteiger partial charge in [-0.1, -0.05) is 0 Å². The van der Waals surface area contributed by atoms with E-state index in [-0.39, 0.29) is 5.41 Å². The monoisotopic (exact) mass is 141 g/mol. The molecule has 2 fully saturated rings. The lowest BCUT2D eigenvalue weighted by molar-refractivity contribution is -0.0115. The Morgan fingerprint density at radius 1 is 1.30 bits per heavy atom. The van der Waals surface area contributed by atoms with Crippen molar-refractivity contribution in [3.8, 4) is 0 Å². The average molecular weight is 141 g/mol. The summed E-state index contributed by atoms with van der Waals surface area (Å²) in [5, 5.41) is 9.02. The lowest BCUT2D eigenvalue weighted by Gasteiger charge is -2.47. The molecule has 2 heteroatoms. The molecule has 0 saturated heterocycles. The van der Waals surface area contributed by atoms with E-state index >= 15 is 0 Å². The zero-order chi connectivity index (χ0) is 7.24. The molecule has 0 amide bonds. The fraction of sp³-hybridized carbons (Fsp3) is 1.00. The molecule has 58 valence electrons. The number of nitrogens with two attached hydrogens (primary N) is 1. The molecule has 0 unspecified atom stereocenters. The van der Waals surface area contributed by atoms with Crippen LogP contribution in [0.1, 0.15) is 25.7 Å². The van der Waals surface area contributed by atoms with Gasteiger partial charge in [-0.05, 0) is 31.1 Å². The number of hydrogen-bond donors (Lipinski definition) is 2. The molecule has 1 spiro atoms. The van der Waals surface area contributed by atoms with E-state index in [1.165, 1.54) is 25.7 Å². The van der Waals surface area contributed by atoms with E-state index in [9.17, 15) is 0 Å². The van der Waals surface area contributed by atoms with Gasteiger partial charge in [0.2, 0.25) is 0 Å². The molecule has 2 saturated carbocycles. The van der Waals surface area contributed by atoms with Crippen LogP contribution < -0.4 is 5.73 Å². The van der Waals surface area contributed by atoms with Crippen LogP contribution in [0.25, 0.3) is 0 Å². The molecule has 0 aromatic rings. The Bertz CT molecular complexity index is 137. The molecule has 0 aliphatic heterocycles. The van der Waals surface area contributed by atoms with Gasteiger partial charge in [0.05, 0.1) is 0 Å².